The molecule has 1 aromatic heterocycles. The predicted molar refractivity (Wildman–Crippen MR) is 159 cm³/mol. The molecule has 4 aromatic rings. The first-order chi connectivity index (χ1) is 20.4. The molecule has 10 heteroatoms. The van der Waals surface area contributed by atoms with E-state index in [2.05, 4.69) is 20.1 Å². The van der Waals surface area contributed by atoms with Crippen LogP contribution in [-0.4, -0.2) is 70.4 Å². The van der Waals surface area contributed by atoms with Crippen LogP contribution in [0.25, 0.3) is 32.8 Å². The minimum Gasteiger partial charge on any atom is -0.508 e. The molecule has 4 aliphatic rings. The van der Waals surface area contributed by atoms with E-state index in [0.717, 1.165) is 64.7 Å². The Labute approximate surface area is 247 Å². The first kappa shape index (κ1) is 26.4. The normalized spacial score (nSPS) is 23.3. The monoisotopic (exact) mass is 591 g/mol. The van der Waals surface area contributed by atoms with E-state index in [1.54, 1.807) is 6.07 Å². The minimum atomic E-state index is -0.613. The number of hydrogen-bond donors (Lipinski definition) is 2. The van der Waals surface area contributed by atoms with Gasteiger partial charge in [-0.2, -0.15) is 9.97 Å². The Bertz CT molecular complexity index is 1710. The third kappa shape index (κ3) is 4.19. The second-order valence-corrected chi connectivity index (χ2v) is 12.7. The fraction of sp³-hybridized carbons (Fsp3) is 0.438. The van der Waals surface area contributed by atoms with Gasteiger partial charge in [-0.15, -0.1) is 0 Å². The number of phenolic OH excluding ortho intramolecular Hbond substituents is 1. The number of hydrogen-bond acceptors (Lipinski definition) is 7. The number of halogens is 3. The molecular formula is C32H32ClF2N5O2. The van der Waals surface area contributed by atoms with Crippen molar-refractivity contribution in [3.05, 3.63) is 53.1 Å². The number of phenols is 1. The Morgan fingerprint density at radius 1 is 1.00 bits per heavy atom. The van der Waals surface area contributed by atoms with Gasteiger partial charge in [0.25, 0.3) is 0 Å². The molecule has 2 N–H and O–H groups in total. The van der Waals surface area contributed by atoms with Crippen molar-refractivity contribution in [1.82, 2.24) is 20.2 Å². The molecule has 2 bridgehead atoms. The summed E-state index contributed by atoms with van der Waals surface area (Å²) in [7, 11) is 0. The van der Waals surface area contributed by atoms with Gasteiger partial charge in [-0.1, -0.05) is 23.7 Å². The molecule has 42 heavy (non-hydrogen) atoms. The molecule has 7 nitrogen and oxygen atoms in total. The second kappa shape index (κ2) is 9.89. The maximum Gasteiger partial charge on any atom is 0.319 e. The standard InChI is InChI=1S/C32H32ClF2N5O2/c33-27-25(34)8-3-18-13-21(41)14-24(26(18)27)22-6-7-23-29(28(22)35)37-31(42-17-32-9-1-11-40(32)12-2-10-32)38-30(23)39-15-19-4-5-20(16-39)36-19/h3,6-8,13-14,19-20,36,41H,1-2,4-5,9-12,15-17H2. The molecule has 5 heterocycles. The summed E-state index contributed by atoms with van der Waals surface area (Å²) in [6, 6.07) is 10.0. The number of aromatic nitrogens is 2. The van der Waals surface area contributed by atoms with E-state index in [0.29, 0.717) is 46.2 Å². The number of fused-ring (bicyclic) bond motifs is 5. The summed E-state index contributed by atoms with van der Waals surface area (Å²) in [6.07, 6.45) is 6.66. The van der Waals surface area contributed by atoms with Crippen LogP contribution in [0.3, 0.4) is 0 Å². The van der Waals surface area contributed by atoms with Gasteiger partial charge in [0.1, 0.15) is 29.5 Å². The lowest BCUT2D eigenvalue weighted by Gasteiger charge is -2.34. The predicted octanol–water partition coefficient (Wildman–Crippen LogP) is 6.04. The van der Waals surface area contributed by atoms with Crippen molar-refractivity contribution in [2.24, 2.45) is 0 Å². The van der Waals surface area contributed by atoms with Crippen molar-refractivity contribution < 1.29 is 18.6 Å². The molecule has 0 saturated carbocycles. The average molecular weight is 592 g/mol. The average Bonchev–Trinajstić information content (AvgIpc) is 3.67. The number of nitrogens with zero attached hydrogens (tertiary/aromatic N) is 4. The van der Waals surface area contributed by atoms with Gasteiger partial charge < -0.3 is 20.1 Å². The number of ether oxygens (including phenoxy) is 1. The van der Waals surface area contributed by atoms with Crippen LogP contribution in [0, 0.1) is 11.6 Å². The zero-order valence-corrected chi connectivity index (χ0v) is 23.9. The maximum absolute atomic E-state index is 16.7. The number of anilines is 1. The van der Waals surface area contributed by atoms with E-state index < -0.39 is 11.6 Å². The van der Waals surface area contributed by atoms with Gasteiger partial charge in [0.05, 0.1) is 10.6 Å². The van der Waals surface area contributed by atoms with Crippen LogP contribution < -0.4 is 15.0 Å². The molecule has 8 rings (SSSR count). The lowest BCUT2D eigenvalue weighted by atomic mass is 9.95. The van der Waals surface area contributed by atoms with Gasteiger partial charge in [0.15, 0.2) is 5.82 Å². The third-order valence-corrected chi connectivity index (χ3v) is 10.2. The second-order valence-electron chi connectivity index (χ2n) is 12.4. The molecule has 3 aromatic carbocycles. The first-order valence-corrected chi connectivity index (χ1v) is 15.3. The van der Waals surface area contributed by atoms with Crippen LogP contribution in [0.1, 0.15) is 38.5 Å². The summed E-state index contributed by atoms with van der Waals surface area (Å²) in [5.74, 6) is -0.609. The summed E-state index contributed by atoms with van der Waals surface area (Å²) < 4.78 is 37.6. The van der Waals surface area contributed by atoms with Crippen LogP contribution in [-0.2, 0) is 0 Å². The number of nitrogens with one attached hydrogen (secondary N) is 1. The quantitative estimate of drug-likeness (QED) is 0.293. The molecule has 0 amide bonds. The van der Waals surface area contributed by atoms with E-state index >= 15 is 4.39 Å². The van der Waals surface area contributed by atoms with Gasteiger partial charge in [0.2, 0.25) is 0 Å². The van der Waals surface area contributed by atoms with Crippen molar-refractivity contribution >= 4 is 39.1 Å². The van der Waals surface area contributed by atoms with E-state index in [1.165, 1.54) is 24.3 Å². The summed E-state index contributed by atoms with van der Waals surface area (Å²) in [5.41, 5.74) is 0.593. The number of rotatable bonds is 5. The first-order valence-electron chi connectivity index (χ1n) is 14.9. The minimum absolute atomic E-state index is 0.00563. The largest absolute Gasteiger partial charge is 0.508 e. The molecule has 0 spiro atoms. The topological polar surface area (TPSA) is 73.8 Å². The highest BCUT2D eigenvalue weighted by atomic mass is 35.5. The Kier molecular flexibility index (Phi) is 6.21. The molecule has 4 saturated heterocycles. The van der Waals surface area contributed by atoms with Crippen molar-refractivity contribution in [2.45, 2.75) is 56.1 Å². The molecule has 0 aliphatic carbocycles. The zero-order valence-electron chi connectivity index (χ0n) is 23.2. The molecule has 0 radical (unpaired) electrons. The molecule has 4 fully saturated rings. The highest BCUT2D eigenvalue weighted by molar-refractivity contribution is 6.37. The SMILES string of the molecule is Oc1cc(-c2ccc3c(N4CC5CCC(C4)N5)nc(OCC45CCCN4CCC5)nc3c2F)c2c(Cl)c(F)ccc2c1. The van der Waals surface area contributed by atoms with Crippen LogP contribution in [0.4, 0.5) is 14.6 Å². The highest BCUT2D eigenvalue weighted by Crippen LogP contribution is 2.43. The maximum atomic E-state index is 16.7. The Balaban J connectivity index is 1.27. The van der Waals surface area contributed by atoms with Crippen molar-refractivity contribution in [1.29, 1.82) is 0 Å². The summed E-state index contributed by atoms with van der Waals surface area (Å²) >= 11 is 6.40. The summed E-state index contributed by atoms with van der Waals surface area (Å²) in [4.78, 5) is 14.3. The van der Waals surface area contributed by atoms with Gasteiger partial charge in [-0.05, 0) is 86.8 Å². The van der Waals surface area contributed by atoms with E-state index in [1.807, 2.05) is 6.07 Å². The number of piperazine rings is 1. The van der Waals surface area contributed by atoms with Crippen LogP contribution in [0.5, 0.6) is 11.8 Å². The van der Waals surface area contributed by atoms with Crippen molar-refractivity contribution in [3.63, 3.8) is 0 Å². The molecular weight excluding hydrogens is 560 g/mol. The lowest BCUT2D eigenvalue weighted by Crippen LogP contribution is -2.51. The lowest BCUT2D eigenvalue weighted by molar-refractivity contribution is 0.108. The molecule has 4 aliphatic heterocycles. The van der Waals surface area contributed by atoms with Gasteiger partial charge >= 0.3 is 6.01 Å². The summed E-state index contributed by atoms with van der Waals surface area (Å²) in [5, 5.41) is 15.4. The van der Waals surface area contributed by atoms with E-state index in [-0.39, 0.29) is 33.4 Å². The number of benzene rings is 3. The smallest absolute Gasteiger partial charge is 0.319 e. The van der Waals surface area contributed by atoms with Gasteiger partial charge in [-0.3, -0.25) is 4.90 Å². The third-order valence-electron chi connectivity index (χ3n) is 9.85. The highest BCUT2D eigenvalue weighted by Gasteiger charge is 2.45. The van der Waals surface area contributed by atoms with Crippen LogP contribution in [0.15, 0.2) is 36.4 Å². The zero-order chi connectivity index (χ0) is 28.6. The Hall–Kier alpha value is -3.27. The molecule has 2 atom stereocenters. The van der Waals surface area contributed by atoms with Crippen molar-refractivity contribution in [2.75, 3.05) is 37.7 Å². The van der Waals surface area contributed by atoms with E-state index in [9.17, 15) is 9.50 Å². The van der Waals surface area contributed by atoms with Crippen LogP contribution in [0.2, 0.25) is 5.02 Å². The van der Waals surface area contributed by atoms with Gasteiger partial charge in [-0.25, -0.2) is 8.78 Å². The van der Waals surface area contributed by atoms with E-state index in [4.69, 9.17) is 21.3 Å². The number of aromatic hydroxyl groups is 1. The fourth-order valence-electron chi connectivity index (χ4n) is 7.86. The van der Waals surface area contributed by atoms with Gasteiger partial charge in [0, 0.05) is 41.5 Å². The fourth-order valence-corrected chi connectivity index (χ4v) is 8.14. The van der Waals surface area contributed by atoms with Crippen LogP contribution >= 0.6 is 11.6 Å². The Morgan fingerprint density at radius 3 is 2.52 bits per heavy atom. The summed E-state index contributed by atoms with van der Waals surface area (Å²) in [6.45, 7) is 4.17. The molecule has 218 valence electrons. The van der Waals surface area contributed by atoms with Crippen molar-refractivity contribution in [3.8, 4) is 22.9 Å². The Morgan fingerprint density at radius 2 is 1.76 bits per heavy atom. The molecule has 2 unspecified atom stereocenters.